The van der Waals surface area contributed by atoms with Crippen molar-refractivity contribution in [1.82, 2.24) is 15.0 Å². The van der Waals surface area contributed by atoms with E-state index in [4.69, 9.17) is 9.84 Å². The van der Waals surface area contributed by atoms with Gasteiger partial charge in [0.2, 0.25) is 5.88 Å². The van der Waals surface area contributed by atoms with Crippen LogP contribution in [0, 0.1) is 23.4 Å². The predicted octanol–water partition coefficient (Wildman–Crippen LogP) is 5.73. The zero-order valence-corrected chi connectivity index (χ0v) is 17.9. The fourth-order valence-electron chi connectivity index (χ4n) is 4.29. The van der Waals surface area contributed by atoms with Crippen LogP contribution in [0.4, 0.5) is 13.2 Å². The Balaban J connectivity index is 1.33. The lowest BCUT2D eigenvalue weighted by Crippen LogP contribution is -2.28. The van der Waals surface area contributed by atoms with E-state index < -0.39 is 23.4 Å². The van der Waals surface area contributed by atoms with Gasteiger partial charge < -0.3 is 14.8 Å². The number of hydrogen-bond donors (Lipinski definition) is 2. The van der Waals surface area contributed by atoms with Crippen LogP contribution < -0.4 is 4.74 Å². The number of aromatic nitrogens is 3. The topological polar surface area (TPSA) is 88.1 Å². The summed E-state index contributed by atoms with van der Waals surface area (Å²) in [5.74, 6) is -2.87. The van der Waals surface area contributed by atoms with Crippen LogP contribution in [-0.2, 0) is 4.79 Å². The molecule has 4 aromatic rings. The zero-order chi connectivity index (χ0) is 23.8. The van der Waals surface area contributed by atoms with Crippen LogP contribution in [0.1, 0.15) is 25.7 Å². The molecule has 2 heterocycles. The molecule has 174 valence electrons. The molecule has 5 rings (SSSR count). The first-order chi connectivity index (χ1) is 16.4. The van der Waals surface area contributed by atoms with Gasteiger partial charge in [-0.2, -0.15) is 0 Å². The Hall–Kier alpha value is -3.88. The van der Waals surface area contributed by atoms with Crippen molar-refractivity contribution in [1.29, 1.82) is 0 Å². The Morgan fingerprint density at radius 1 is 0.971 bits per heavy atom. The van der Waals surface area contributed by atoms with Crippen molar-refractivity contribution in [2.24, 2.45) is 5.92 Å². The Bertz CT molecular complexity index is 1340. The van der Waals surface area contributed by atoms with Crippen molar-refractivity contribution in [3.8, 4) is 28.4 Å². The highest BCUT2D eigenvalue weighted by molar-refractivity contribution is 5.80. The first kappa shape index (κ1) is 21.9. The second-order valence-corrected chi connectivity index (χ2v) is 8.38. The second kappa shape index (κ2) is 8.81. The molecule has 2 aromatic heterocycles. The Labute approximate surface area is 192 Å². The number of fused-ring (bicyclic) bond motifs is 1. The van der Waals surface area contributed by atoms with Gasteiger partial charge in [0.05, 0.1) is 22.5 Å². The lowest BCUT2D eigenvalue weighted by Gasteiger charge is -2.26. The van der Waals surface area contributed by atoms with E-state index in [-0.39, 0.29) is 23.4 Å². The van der Waals surface area contributed by atoms with E-state index in [1.54, 1.807) is 12.1 Å². The fourth-order valence-corrected chi connectivity index (χ4v) is 4.29. The highest BCUT2D eigenvalue weighted by atomic mass is 19.1. The molecular weight excluding hydrogens is 447 g/mol. The van der Waals surface area contributed by atoms with Crippen LogP contribution in [-0.4, -0.2) is 32.1 Å². The van der Waals surface area contributed by atoms with Gasteiger partial charge in [-0.25, -0.2) is 23.1 Å². The van der Waals surface area contributed by atoms with Gasteiger partial charge >= 0.3 is 5.97 Å². The first-order valence-electron chi connectivity index (χ1n) is 10.9. The van der Waals surface area contributed by atoms with E-state index in [0.717, 1.165) is 0 Å². The number of halogens is 3. The van der Waals surface area contributed by atoms with Gasteiger partial charge in [-0.3, -0.25) is 4.79 Å². The molecule has 0 bridgehead atoms. The second-order valence-electron chi connectivity index (χ2n) is 8.38. The number of pyridine rings is 1. The largest absolute Gasteiger partial charge is 0.481 e. The van der Waals surface area contributed by atoms with Gasteiger partial charge in [-0.15, -0.1) is 0 Å². The zero-order valence-electron chi connectivity index (χ0n) is 17.9. The van der Waals surface area contributed by atoms with E-state index in [1.165, 1.54) is 36.5 Å². The van der Waals surface area contributed by atoms with E-state index >= 15 is 0 Å². The van der Waals surface area contributed by atoms with Crippen molar-refractivity contribution in [3.05, 3.63) is 66.1 Å². The van der Waals surface area contributed by atoms with Crippen molar-refractivity contribution < 1.29 is 27.8 Å². The average Bonchev–Trinajstić information content (AvgIpc) is 3.22. The number of aromatic amines is 1. The number of rotatable bonds is 5. The quantitative estimate of drug-likeness (QED) is 0.391. The molecule has 0 aliphatic heterocycles. The molecule has 0 radical (unpaired) electrons. The molecule has 1 aliphatic carbocycles. The molecule has 9 heteroatoms. The van der Waals surface area contributed by atoms with Crippen LogP contribution in [0.5, 0.6) is 5.88 Å². The number of hydrogen-bond acceptors (Lipinski definition) is 4. The fraction of sp³-hybridized carbons (Fsp3) is 0.240. The molecule has 6 nitrogen and oxygen atoms in total. The van der Waals surface area contributed by atoms with Crippen LogP contribution in [0.2, 0.25) is 0 Å². The summed E-state index contributed by atoms with van der Waals surface area (Å²) in [6.45, 7) is 0. The monoisotopic (exact) mass is 467 g/mol. The number of nitrogens with zero attached hydrogens (tertiary/aromatic N) is 2. The molecule has 1 aliphatic rings. The molecule has 0 amide bonds. The van der Waals surface area contributed by atoms with E-state index in [1.807, 2.05) is 0 Å². The maximum atomic E-state index is 14.9. The van der Waals surface area contributed by atoms with Crippen molar-refractivity contribution in [3.63, 3.8) is 0 Å². The maximum Gasteiger partial charge on any atom is 0.306 e. The Morgan fingerprint density at radius 3 is 2.35 bits per heavy atom. The standard InChI is InChI=1S/C25H20F3N3O3/c26-16-4-7-20-21(11-16)31-24(30-20)23-18(27)9-15(10-19(23)28)14-3-8-22(29-12-14)34-17-5-1-13(2-6-17)25(32)33/h3-4,7-13,17H,1-2,5-6H2,(H,30,31)(H,32,33). The average molecular weight is 467 g/mol. The first-order valence-corrected chi connectivity index (χ1v) is 10.9. The number of carboxylic acids is 1. The molecule has 0 saturated heterocycles. The van der Waals surface area contributed by atoms with Gasteiger partial charge in [0.1, 0.15) is 29.4 Å². The van der Waals surface area contributed by atoms with Crippen molar-refractivity contribution in [2.45, 2.75) is 31.8 Å². The van der Waals surface area contributed by atoms with E-state index in [9.17, 15) is 18.0 Å². The summed E-state index contributed by atoms with van der Waals surface area (Å²) < 4.78 is 49.1. The van der Waals surface area contributed by atoms with Gasteiger partial charge in [0.25, 0.3) is 0 Å². The summed E-state index contributed by atoms with van der Waals surface area (Å²) in [6.07, 6.45) is 3.74. The Kier molecular flexibility index (Phi) is 5.69. The van der Waals surface area contributed by atoms with Crippen molar-refractivity contribution in [2.75, 3.05) is 0 Å². The molecule has 34 heavy (non-hydrogen) atoms. The third-order valence-electron chi connectivity index (χ3n) is 6.10. The molecule has 0 unspecified atom stereocenters. The van der Waals surface area contributed by atoms with Gasteiger partial charge in [-0.1, -0.05) is 0 Å². The van der Waals surface area contributed by atoms with Gasteiger partial charge in [-0.05, 0) is 67.6 Å². The number of ether oxygens (including phenoxy) is 1. The minimum absolute atomic E-state index is 0.0263. The summed E-state index contributed by atoms with van der Waals surface area (Å²) in [5.41, 5.74) is 1.20. The SMILES string of the molecule is O=C(O)C1CCC(Oc2ccc(-c3cc(F)c(-c4nc5ccc(F)cc5[nH]4)c(F)c3)cn2)CC1. The summed E-state index contributed by atoms with van der Waals surface area (Å²) in [6, 6.07) is 9.53. The molecule has 2 aromatic carbocycles. The number of carbonyl (C=O) groups is 1. The number of benzene rings is 2. The van der Waals surface area contributed by atoms with E-state index in [2.05, 4.69) is 15.0 Å². The summed E-state index contributed by atoms with van der Waals surface area (Å²) in [4.78, 5) is 22.2. The number of imidazole rings is 1. The normalized spacial score (nSPS) is 18.2. The number of aliphatic carboxylic acids is 1. The highest BCUT2D eigenvalue weighted by Gasteiger charge is 2.27. The third-order valence-corrected chi connectivity index (χ3v) is 6.10. The molecule has 0 spiro atoms. The lowest BCUT2D eigenvalue weighted by atomic mass is 9.87. The minimum Gasteiger partial charge on any atom is -0.481 e. The van der Waals surface area contributed by atoms with Crippen LogP contribution >= 0.6 is 0 Å². The highest BCUT2D eigenvalue weighted by Crippen LogP contribution is 2.32. The number of H-pyrrole nitrogens is 1. The van der Waals surface area contributed by atoms with E-state index in [0.29, 0.717) is 53.7 Å². The molecule has 1 fully saturated rings. The Morgan fingerprint density at radius 2 is 1.71 bits per heavy atom. The lowest BCUT2D eigenvalue weighted by molar-refractivity contribution is -0.143. The van der Waals surface area contributed by atoms with Crippen LogP contribution in [0.3, 0.4) is 0 Å². The van der Waals surface area contributed by atoms with Gasteiger partial charge in [0, 0.05) is 17.8 Å². The molecule has 1 saturated carbocycles. The van der Waals surface area contributed by atoms with Crippen LogP contribution in [0.25, 0.3) is 33.5 Å². The summed E-state index contributed by atoms with van der Waals surface area (Å²) in [7, 11) is 0. The predicted molar refractivity (Wildman–Crippen MR) is 119 cm³/mol. The summed E-state index contributed by atoms with van der Waals surface area (Å²) in [5, 5.41) is 9.09. The van der Waals surface area contributed by atoms with Crippen molar-refractivity contribution >= 4 is 17.0 Å². The maximum absolute atomic E-state index is 14.9. The minimum atomic E-state index is -0.815. The van der Waals surface area contributed by atoms with Crippen LogP contribution in [0.15, 0.2) is 48.7 Å². The number of carboxylic acid groups (broad SMARTS) is 1. The smallest absolute Gasteiger partial charge is 0.306 e. The number of nitrogens with one attached hydrogen (secondary N) is 1. The molecule has 2 N–H and O–H groups in total. The molecule has 0 atom stereocenters. The third kappa shape index (κ3) is 4.33. The molecular formula is C25H20F3N3O3. The summed E-state index contributed by atoms with van der Waals surface area (Å²) >= 11 is 0. The van der Waals surface area contributed by atoms with Gasteiger partial charge in [0.15, 0.2) is 0 Å².